The molecule has 2 aromatic carbocycles. The van der Waals surface area contributed by atoms with Gasteiger partial charge in [0.15, 0.2) is 36.9 Å². The van der Waals surface area contributed by atoms with E-state index in [9.17, 15) is 16.8 Å². The lowest BCUT2D eigenvalue weighted by atomic mass is 10.2. The highest BCUT2D eigenvalue weighted by molar-refractivity contribution is 7.86. The highest BCUT2D eigenvalue weighted by Gasteiger charge is 2.09. The van der Waals surface area contributed by atoms with Crippen LogP contribution in [0, 0.1) is 27.7 Å². The van der Waals surface area contributed by atoms with Crippen molar-refractivity contribution in [2.75, 3.05) is 0 Å². The number of aromatic nitrogens is 2. The van der Waals surface area contributed by atoms with Crippen LogP contribution < -0.4 is 9.13 Å². The van der Waals surface area contributed by atoms with Gasteiger partial charge in [-0.2, -0.15) is 16.8 Å². The summed E-state index contributed by atoms with van der Waals surface area (Å²) in [6.45, 7) is 10.1. The van der Waals surface area contributed by atoms with Gasteiger partial charge < -0.3 is 0 Å². The Labute approximate surface area is 231 Å². The first-order chi connectivity index (χ1) is 18.3. The van der Waals surface area contributed by atoms with Crippen LogP contribution in [-0.4, -0.2) is 25.9 Å². The van der Waals surface area contributed by atoms with E-state index < -0.39 is 20.2 Å². The highest BCUT2D eigenvalue weighted by atomic mass is 32.2. The largest absolute Gasteiger partial charge is 0.294 e. The van der Waals surface area contributed by atoms with Crippen molar-refractivity contribution in [1.29, 1.82) is 0 Å². The van der Waals surface area contributed by atoms with Crippen LogP contribution in [-0.2, 0) is 33.3 Å². The normalized spacial score (nSPS) is 11.0. The molecule has 0 amide bonds. The lowest BCUT2D eigenvalue weighted by Gasteiger charge is -2.00. The summed E-state index contributed by atoms with van der Waals surface area (Å²) in [6, 6.07) is 24.6. The van der Waals surface area contributed by atoms with E-state index in [-0.39, 0.29) is 9.79 Å². The molecule has 0 fully saturated rings. The fraction of sp³-hybridized carbons (Fsp3) is 0.241. The van der Waals surface area contributed by atoms with Gasteiger partial charge >= 0.3 is 0 Å². The van der Waals surface area contributed by atoms with Gasteiger partial charge in [-0.3, -0.25) is 9.11 Å². The fourth-order valence-electron chi connectivity index (χ4n) is 3.46. The molecule has 0 saturated carbocycles. The van der Waals surface area contributed by atoms with E-state index in [0.717, 1.165) is 30.6 Å². The number of pyridine rings is 2. The Balaban J connectivity index is 0.000000214. The smallest absolute Gasteiger partial charge is 0.282 e. The van der Waals surface area contributed by atoms with Crippen LogP contribution in [0.2, 0.25) is 0 Å². The minimum absolute atomic E-state index is 0.0666. The van der Waals surface area contributed by atoms with Crippen molar-refractivity contribution in [3.8, 4) is 0 Å². The summed E-state index contributed by atoms with van der Waals surface area (Å²) < 4.78 is 63.7. The van der Waals surface area contributed by atoms with Crippen LogP contribution in [0.1, 0.15) is 28.9 Å². The van der Waals surface area contributed by atoms with Gasteiger partial charge in [0.1, 0.15) is 0 Å². The molecule has 0 unspecified atom stereocenters. The van der Waals surface area contributed by atoms with E-state index in [1.807, 2.05) is 13.8 Å². The van der Waals surface area contributed by atoms with E-state index >= 15 is 0 Å². The molecule has 0 aliphatic carbocycles. The van der Waals surface area contributed by atoms with Crippen LogP contribution in [0.3, 0.4) is 0 Å². The average molecular weight is 573 g/mol. The van der Waals surface area contributed by atoms with Crippen LogP contribution in [0.5, 0.6) is 0 Å². The fourth-order valence-corrected chi connectivity index (χ4v) is 4.42. The molecule has 0 aliphatic rings. The van der Waals surface area contributed by atoms with E-state index in [0.29, 0.717) is 0 Å². The number of benzene rings is 2. The molecule has 0 saturated heterocycles. The molecule has 2 N–H and O–H groups in total. The van der Waals surface area contributed by atoms with Gasteiger partial charge in [0, 0.05) is 38.1 Å². The summed E-state index contributed by atoms with van der Waals surface area (Å²) in [7, 11) is -8.04. The molecule has 4 aromatic rings. The average Bonchev–Trinajstić information content (AvgIpc) is 2.87. The van der Waals surface area contributed by atoms with Gasteiger partial charge in [-0.15, -0.1) is 0 Å². The summed E-state index contributed by atoms with van der Waals surface area (Å²) in [5.74, 6) is 0. The van der Waals surface area contributed by atoms with Gasteiger partial charge in [0.25, 0.3) is 20.2 Å². The Hall–Kier alpha value is -3.44. The first-order valence-corrected chi connectivity index (χ1v) is 15.1. The summed E-state index contributed by atoms with van der Waals surface area (Å²) in [5.41, 5.74) is 4.55. The third-order valence-electron chi connectivity index (χ3n) is 5.77. The zero-order valence-corrected chi connectivity index (χ0v) is 24.2. The van der Waals surface area contributed by atoms with Crippen molar-refractivity contribution in [2.45, 2.75) is 57.0 Å². The predicted molar refractivity (Wildman–Crippen MR) is 149 cm³/mol. The number of aryl methyl sites for hydroxylation is 6. The van der Waals surface area contributed by atoms with Gasteiger partial charge in [0.2, 0.25) is 0 Å². The summed E-state index contributed by atoms with van der Waals surface area (Å²) >= 11 is 0. The zero-order chi connectivity index (χ0) is 29.1. The second-order valence-corrected chi connectivity index (χ2v) is 11.8. The van der Waals surface area contributed by atoms with Gasteiger partial charge in [0.05, 0.1) is 16.2 Å². The van der Waals surface area contributed by atoms with Crippen molar-refractivity contribution < 1.29 is 35.1 Å². The number of rotatable bonds is 6. The predicted octanol–water partition coefficient (Wildman–Crippen LogP) is 4.45. The maximum Gasteiger partial charge on any atom is 0.294 e. The molecular weight excluding hydrogens is 536 g/mol. The molecule has 4 rings (SSSR count). The molecule has 0 bridgehead atoms. The van der Waals surface area contributed by atoms with Crippen LogP contribution in [0.4, 0.5) is 0 Å². The van der Waals surface area contributed by atoms with E-state index in [2.05, 4.69) is 71.8 Å². The Morgan fingerprint density at radius 2 is 0.872 bits per heavy atom. The van der Waals surface area contributed by atoms with Crippen LogP contribution in [0.15, 0.2) is 107 Å². The van der Waals surface area contributed by atoms with Crippen molar-refractivity contribution in [3.05, 3.63) is 120 Å². The first-order valence-electron chi connectivity index (χ1n) is 12.3. The molecule has 8 nitrogen and oxygen atoms in total. The van der Waals surface area contributed by atoms with Crippen LogP contribution >= 0.6 is 0 Å². The first kappa shape index (κ1) is 31.8. The maximum absolute atomic E-state index is 10.5. The molecule has 208 valence electrons. The molecule has 0 spiro atoms. The van der Waals surface area contributed by atoms with E-state index in [1.165, 1.54) is 35.7 Å². The van der Waals surface area contributed by atoms with Crippen molar-refractivity contribution in [1.82, 2.24) is 0 Å². The van der Waals surface area contributed by atoms with Gasteiger partial charge in [-0.25, -0.2) is 9.13 Å². The molecule has 0 radical (unpaired) electrons. The SMILES string of the molecule is Cc1ccc(S(=O)(=O)O)cc1.Cc1ccc(S(=O)(=O)O)cc1.Cc1cccc[n+]1CCC[n+]1ccccc1C. The Morgan fingerprint density at radius 1 is 0.538 bits per heavy atom. The number of hydrogen-bond donors (Lipinski definition) is 2. The topological polar surface area (TPSA) is 116 Å². The van der Waals surface area contributed by atoms with Gasteiger partial charge in [-0.05, 0) is 38.1 Å². The third-order valence-corrected chi connectivity index (χ3v) is 7.51. The van der Waals surface area contributed by atoms with Crippen molar-refractivity contribution >= 4 is 20.2 Å². The second kappa shape index (κ2) is 14.6. The number of hydrogen-bond acceptors (Lipinski definition) is 4. The quantitative estimate of drug-likeness (QED) is 0.260. The molecule has 39 heavy (non-hydrogen) atoms. The maximum atomic E-state index is 10.5. The standard InChI is InChI=1S/C15H20N2.2C7H8O3S/c1-14-8-3-5-10-16(14)12-7-13-17-11-6-4-9-15(17)2;2*1-6-2-4-7(5-3-6)11(8,9)10/h3-6,8-11H,7,12-13H2,1-2H3;2*2-5H,1H3,(H,8,9,10)/q+2;;. The zero-order valence-electron chi connectivity index (χ0n) is 22.6. The Bertz CT molecular complexity index is 1430. The number of nitrogens with zero attached hydrogens (tertiary/aromatic N) is 2. The highest BCUT2D eigenvalue weighted by Crippen LogP contribution is 2.09. The third kappa shape index (κ3) is 11.5. The Morgan fingerprint density at radius 3 is 1.15 bits per heavy atom. The summed E-state index contributed by atoms with van der Waals surface area (Å²) in [4.78, 5) is -0.133. The molecule has 2 heterocycles. The van der Waals surface area contributed by atoms with Crippen molar-refractivity contribution in [2.24, 2.45) is 0 Å². The molecule has 2 aromatic heterocycles. The monoisotopic (exact) mass is 572 g/mol. The minimum atomic E-state index is -4.02. The minimum Gasteiger partial charge on any atom is -0.282 e. The van der Waals surface area contributed by atoms with Gasteiger partial charge in [-0.1, -0.05) is 47.5 Å². The lowest BCUT2D eigenvalue weighted by Crippen LogP contribution is -2.41. The van der Waals surface area contributed by atoms with Crippen molar-refractivity contribution in [3.63, 3.8) is 0 Å². The molecular formula is C29H36N2O6S2+2. The Kier molecular flexibility index (Phi) is 11.9. The molecule has 0 aliphatic heterocycles. The summed E-state index contributed by atoms with van der Waals surface area (Å²) in [5, 5.41) is 0. The van der Waals surface area contributed by atoms with Crippen LogP contribution in [0.25, 0.3) is 0 Å². The summed E-state index contributed by atoms with van der Waals surface area (Å²) in [6.07, 6.45) is 5.46. The molecule has 0 atom stereocenters. The van der Waals surface area contributed by atoms with E-state index in [4.69, 9.17) is 9.11 Å². The lowest BCUT2D eigenvalue weighted by molar-refractivity contribution is -0.732. The second-order valence-electron chi connectivity index (χ2n) is 9.00. The molecule has 10 heteroatoms. The van der Waals surface area contributed by atoms with E-state index in [1.54, 1.807) is 24.3 Å².